The van der Waals surface area contributed by atoms with E-state index < -0.39 is 5.82 Å². The molecule has 0 fully saturated rings. The molecule has 0 unspecified atom stereocenters. The third-order valence-electron chi connectivity index (χ3n) is 5.33. The van der Waals surface area contributed by atoms with Crippen LogP contribution >= 0.6 is 0 Å². The van der Waals surface area contributed by atoms with E-state index in [0.29, 0.717) is 31.0 Å². The van der Waals surface area contributed by atoms with Gasteiger partial charge in [0, 0.05) is 19.0 Å². The summed E-state index contributed by atoms with van der Waals surface area (Å²) in [7, 11) is 0. The number of nitrogens with one attached hydrogen (secondary N) is 1. The van der Waals surface area contributed by atoms with Gasteiger partial charge < -0.3 is 19.5 Å². The number of hydrogen-bond acceptors (Lipinski definition) is 6. The maximum atomic E-state index is 13.6. The highest BCUT2D eigenvalue weighted by Crippen LogP contribution is 2.20. The highest BCUT2D eigenvalue weighted by Gasteiger charge is 2.26. The lowest BCUT2D eigenvalue weighted by Crippen LogP contribution is -2.42. The van der Waals surface area contributed by atoms with Crippen molar-refractivity contribution < 1.29 is 18.4 Å². The second kappa shape index (κ2) is 9.11. The van der Waals surface area contributed by atoms with Crippen LogP contribution in [-0.2, 0) is 26.1 Å². The number of nitrogens with zero attached hydrogens (tertiary/aromatic N) is 5. The number of rotatable bonds is 6. The average molecular weight is 448 g/mol. The first-order valence-electron chi connectivity index (χ1n) is 10.5. The van der Waals surface area contributed by atoms with Gasteiger partial charge in [-0.25, -0.2) is 13.9 Å². The quantitative estimate of drug-likeness (QED) is 0.486. The number of hydrogen-bond donors (Lipinski definition) is 1. The Kier molecular flexibility index (Phi) is 5.71. The fraction of sp³-hybridized carbons (Fsp3) is 0.217. The number of benzene rings is 2. The van der Waals surface area contributed by atoms with Gasteiger partial charge >= 0.3 is 6.03 Å². The van der Waals surface area contributed by atoms with Crippen LogP contribution in [-0.4, -0.2) is 37.6 Å². The van der Waals surface area contributed by atoms with Crippen molar-refractivity contribution in [3.8, 4) is 11.4 Å². The first-order chi connectivity index (χ1) is 16.2. The predicted octanol–water partition coefficient (Wildman–Crippen LogP) is 3.24. The van der Waals surface area contributed by atoms with Crippen LogP contribution < -0.4 is 10.1 Å². The zero-order valence-corrected chi connectivity index (χ0v) is 17.6. The van der Waals surface area contributed by atoms with Gasteiger partial charge in [0.05, 0.1) is 24.5 Å². The molecule has 0 bridgehead atoms. The van der Waals surface area contributed by atoms with Crippen LogP contribution in [0.25, 0.3) is 5.69 Å². The Morgan fingerprint density at radius 1 is 1.15 bits per heavy atom. The van der Waals surface area contributed by atoms with Crippen molar-refractivity contribution >= 4 is 6.03 Å². The van der Waals surface area contributed by atoms with E-state index >= 15 is 0 Å². The molecule has 1 aliphatic heterocycles. The highest BCUT2D eigenvalue weighted by molar-refractivity contribution is 5.74. The molecule has 168 valence electrons. The molecule has 2 aromatic heterocycles. The summed E-state index contributed by atoms with van der Waals surface area (Å²) < 4.78 is 26.1. The summed E-state index contributed by atoms with van der Waals surface area (Å²) >= 11 is 0. The van der Waals surface area contributed by atoms with Gasteiger partial charge in [-0.2, -0.15) is 0 Å². The lowest BCUT2D eigenvalue weighted by Gasteiger charge is -2.26. The monoisotopic (exact) mass is 448 g/mol. The molecule has 2 amide bonds. The molecule has 4 aromatic rings. The lowest BCUT2D eigenvalue weighted by molar-refractivity contribution is 0.190. The summed E-state index contributed by atoms with van der Waals surface area (Å²) in [5, 5.41) is 15.3. The number of carbonyl (C=O) groups is 1. The van der Waals surface area contributed by atoms with Gasteiger partial charge in [0.2, 0.25) is 0 Å². The number of fused-ring (bicyclic) bond motifs is 1. The van der Waals surface area contributed by atoms with Crippen LogP contribution in [0.4, 0.5) is 9.18 Å². The van der Waals surface area contributed by atoms with Crippen molar-refractivity contribution in [1.82, 2.24) is 30.4 Å². The van der Waals surface area contributed by atoms with Crippen LogP contribution in [0.5, 0.6) is 5.75 Å². The Morgan fingerprint density at radius 2 is 1.97 bits per heavy atom. The zero-order chi connectivity index (χ0) is 22.6. The Morgan fingerprint density at radius 3 is 2.82 bits per heavy atom. The molecule has 9 nitrogen and oxygen atoms in total. The Balaban J connectivity index is 1.14. The van der Waals surface area contributed by atoms with Crippen LogP contribution in [0.3, 0.4) is 0 Å². The Bertz CT molecular complexity index is 1260. The summed E-state index contributed by atoms with van der Waals surface area (Å²) in [6.07, 6.45) is 0.659. The maximum Gasteiger partial charge on any atom is 0.318 e. The second-order valence-electron chi connectivity index (χ2n) is 7.56. The maximum absolute atomic E-state index is 13.6. The third kappa shape index (κ3) is 4.54. The van der Waals surface area contributed by atoms with Crippen molar-refractivity contribution in [3.63, 3.8) is 0 Å². The minimum Gasteiger partial charge on any atom is -0.482 e. The number of ether oxygens (including phenoxy) is 1. The predicted molar refractivity (Wildman–Crippen MR) is 115 cm³/mol. The molecule has 2 aromatic carbocycles. The van der Waals surface area contributed by atoms with Crippen molar-refractivity contribution in [2.24, 2.45) is 0 Å². The van der Waals surface area contributed by atoms with E-state index in [9.17, 15) is 9.18 Å². The third-order valence-corrected chi connectivity index (χ3v) is 5.33. The van der Waals surface area contributed by atoms with Gasteiger partial charge in [-0.3, -0.25) is 0 Å². The Labute approximate surface area is 188 Å². The molecule has 0 atom stereocenters. The molecule has 3 heterocycles. The van der Waals surface area contributed by atoms with Crippen LogP contribution in [0.2, 0.25) is 0 Å². The number of urea groups is 1. The molecule has 0 aliphatic carbocycles. The molecule has 0 saturated carbocycles. The topological polar surface area (TPSA) is 98.3 Å². The molecule has 10 heteroatoms. The van der Waals surface area contributed by atoms with E-state index in [1.165, 1.54) is 12.1 Å². The first-order valence-corrected chi connectivity index (χ1v) is 10.5. The fourth-order valence-electron chi connectivity index (χ4n) is 3.65. The van der Waals surface area contributed by atoms with Crippen molar-refractivity contribution in [3.05, 3.63) is 89.3 Å². The number of carbonyl (C=O) groups excluding carboxylic acids is 1. The van der Waals surface area contributed by atoms with Crippen molar-refractivity contribution in [2.75, 3.05) is 6.54 Å². The van der Waals surface area contributed by atoms with Crippen molar-refractivity contribution in [2.45, 2.75) is 26.1 Å². The van der Waals surface area contributed by atoms with Gasteiger partial charge in [0.15, 0.2) is 17.3 Å². The first kappa shape index (κ1) is 20.7. The smallest absolute Gasteiger partial charge is 0.318 e. The van der Waals surface area contributed by atoms with E-state index in [-0.39, 0.29) is 24.9 Å². The number of para-hydroxylation sites is 2. The summed E-state index contributed by atoms with van der Waals surface area (Å²) in [6.45, 7) is 1.17. The number of halogens is 1. The molecule has 5 rings (SSSR count). The van der Waals surface area contributed by atoms with Gasteiger partial charge in [0.25, 0.3) is 0 Å². The molecular weight excluding hydrogens is 427 g/mol. The Hall–Kier alpha value is -4.21. The number of amides is 2. The largest absolute Gasteiger partial charge is 0.482 e. The van der Waals surface area contributed by atoms with E-state index in [2.05, 4.69) is 20.8 Å². The van der Waals surface area contributed by atoms with E-state index in [1.807, 2.05) is 35.0 Å². The van der Waals surface area contributed by atoms with E-state index in [1.54, 1.807) is 23.1 Å². The number of aromatic nitrogens is 4. The lowest BCUT2D eigenvalue weighted by atomic mass is 10.1. The van der Waals surface area contributed by atoms with Crippen LogP contribution in [0, 0.1) is 5.82 Å². The van der Waals surface area contributed by atoms with Gasteiger partial charge in [-0.1, -0.05) is 40.7 Å². The molecule has 0 spiro atoms. The molecule has 0 saturated heterocycles. The molecule has 33 heavy (non-hydrogen) atoms. The summed E-state index contributed by atoms with van der Waals surface area (Å²) in [6, 6.07) is 17.4. The minimum absolute atomic E-state index is 0.0356. The van der Waals surface area contributed by atoms with E-state index in [4.69, 9.17) is 9.26 Å². The second-order valence-corrected chi connectivity index (χ2v) is 7.56. The molecular formula is C23H21FN6O3. The summed E-state index contributed by atoms with van der Waals surface area (Å²) in [4.78, 5) is 14.3. The SMILES string of the molecule is O=C(NCc1cc(COc2ccccc2F)on1)N1CCc2c(nnn2-c2ccccc2)C1. The van der Waals surface area contributed by atoms with Gasteiger partial charge in [-0.15, -0.1) is 5.10 Å². The zero-order valence-electron chi connectivity index (χ0n) is 17.6. The van der Waals surface area contributed by atoms with Gasteiger partial charge in [-0.05, 0) is 24.3 Å². The standard InChI is InChI=1S/C23H21FN6O3/c24-19-8-4-5-9-22(19)32-15-18-12-16(27-33-18)13-25-23(31)29-11-10-21-20(14-29)26-28-30(21)17-6-2-1-3-7-17/h1-9,12H,10-11,13-15H2,(H,25,31). The van der Waals surface area contributed by atoms with Gasteiger partial charge in [0.1, 0.15) is 18.0 Å². The van der Waals surface area contributed by atoms with E-state index in [0.717, 1.165) is 17.1 Å². The normalized spacial score (nSPS) is 12.9. The fourth-order valence-corrected chi connectivity index (χ4v) is 3.65. The highest BCUT2D eigenvalue weighted by atomic mass is 19.1. The minimum atomic E-state index is -0.446. The average Bonchev–Trinajstić information content (AvgIpc) is 3.49. The van der Waals surface area contributed by atoms with Crippen LogP contribution in [0.1, 0.15) is 22.8 Å². The molecule has 0 radical (unpaired) electrons. The molecule has 1 N–H and O–H groups in total. The molecule has 1 aliphatic rings. The summed E-state index contributed by atoms with van der Waals surface area (Å²) in [5.74, 6) is 0.123. The summed E-state index contributed by atoms with van der Waals surface area (Å²) in [5.41, 5.74) is 3.30. The van der Waals surface area contributed by atoms with Crippen LogP contribution in [0.15, 0.2) is 65.2 Å². The van der Waals surface area contributed by atoms with Crippen molar-refractivity contribution in [1.29, 1.82) is 0 Å².